The van der Waals surface area contributed by atoms with E-state index in [1.807, 2.05) is 26.0 Å². The molecule has 6 rings (SSSR count). The van der Waals surface area contributed by atoms with Crippen LogP contribution in [0.5, 0.6) is 0 Å². The van der Waals surface area contributed by atoms with Crippen molar-refractivity contribution in [2.24, 2.45) is 5.41 Å². The summed E-state index contributed by atoms with van der Waals surface area (Å²) in [5.74, 6) is -1.59. The van der Waals surface area contributed by atoms with Crippen molar-refractivity contribution in [2.45, 2.75) is 57.8 Å². The molecule has 2 aromatic heterocycles. The normalized spacial score (nSPS) is 24.8. The number of imide groups is 1. The fourth-order valence-electron chi connectivity index (χ4n) is 6.18. The van der Waals surface area contributed by atoms with E-state index < -0.39 is 34.7 Å². The molecule has 0 unspecified atom stereocenters. The topological polar surface area (TPSA) is 142 Å². The van der Waals surface area contributed by atoms with Crippen LogP contribution in [0.1, 0.15) is 60.2 Å². The van der Waals surface area contributed by atoms with Crippen LogP contribution in [0.15, 0.2) is 41.4 Å². The molecule has 2 fully saturated rings. The molecule has 12 heteroatoms. The van der Waals surface area contributed by atoms with E-state index in [1.54, 1.807) is 12.3 Å². The van der Waals surface area contributed by atoms with Crippen molar-refractivity contribution in [1.82, 2.24) is 30.2 Å². The first-order chi connectivity index (χ1) is 19.1. The van der Waals surface area contributed by atoms with Gasteiger partial charge in [0, 0.05) is 54.4 Å². The summed E-state index contributed by atoms with van der Waals surface area (Å²) in [4.78, 5) is 48.9. The fourth-order valence-corrected chi connectivity index (χ4v) is 6.18. The van der Waals surface area contributed by atoms with E-state index in [2.05, 4.69) is 25.3 Å². The molecule has 3 amide bonds. The van der Waals surface area contributed by atoms with E-state index in [1.165, 1.54) is 17.4 Å². The van der Waals surface area contributed by atoms with Crippen molar-refractivity contribution in [3.8, 4) is 11.5 Å². The molecule has 2 atom stereocenters. The summed E-state index contributed by atoms with van der Waals surface area (Å²) >= 11 is 0. The molecule has 2 saturated heterocycles. The second-order valence-electron chi connectivity index (χ2n) is 11.4. The molecule has 3 aromatic rings. The Morgan fingerprint density at radius 3 is 2.67 bits per heavy atom. The molecule has 3 aliphatic heterocycles. The Hall–Kier alpha value is -4.03. The molecule has 5 heterocycles. The van der Waals surface area contributed by atoms with Crippen molar-refractivity contribution in [2.75, 3.05) is 13.1 Å². The van der Waals surface area contributed by atoms with Gasteiger partial charge in [0.1, 0.15) is 17.6 Å². The van der Waals surface area contributed by atoms with Gasteiger partial charge in [-0.2, -0.15) is 4.98 Å². The third kappa shape index (κ3) is 4.27. The van der Waals surface area contributed by atoms with Crippen LogP contribution in [-0.4, -0.2) is 66.9 Å². The highest BCUT2D eigenvalue weighted by Crippen LogP contribution is 2.48. The first-order valence-electron chi connectivity index (χ1n) is 13.2. The van der Waals surface area contributed by atoms with Gasteiger partial charge in [-0.25, -0.2) is 4.39 Å². The molecule has 208 valence electrons. The molecule has 0 radical (unpaired) electrons. The summed E-state index contributed by atoms with van der Waals surface area (Å²) in [7, 11) is 0. The zero-order valence-electron chi connectivity index (χ0n) is 22.2. The summed E-state index contributed by atoms with van der Waals surface area (Å²) in [6.45, 7) is 5.34. The number of rotatable bonds is 5. The SMILES string of the molecule is CC1(C)CN(Cc2ccc(-c3ncon3)nc2)CC[C@]1(O)c1ccc2c(c1F)CN([C@H]1CCC(=O)NC1=O)C2=O. The summed E-state index contributed by atoms with van der Waals surface area (Å²) in [5, 5.41) is 18.0. The number of aliphatic hydroxyl groups is 1. The summed E-state index contributed by atoms with van der Waals surface area (Å²) < 4.78 is 20.9. The molecular formula is C28H29FN6O5. The lowest BCUT2D eigenvalue weighted by atomic mass is 9.66. The van der Waals surface area contributed by atoms with Gasteiger partial charge in [0.15, 0.2) is 0 Å². The van der Waals surface area contributed by atoms with Gasteiger partial charge in [-0.3, -0.25) is 29.6 Å². The van der Waals surface area contributed by atoms with Crippen LogP contribution in [-0.2, 0) is 28.3 Å². The highest BCUT2D eigenvalue weighted by Gasteiger charge is 2.51. The Morgan fingerprint density at radius 1 is 1.18 bits per heavy atom. The summed E-state index contributed by atoms with van der Waals surface area (Å²) in [6, 6.07) is 5.97. The van der Waals surface area contributed by atoms with Crippen molar-refractivity contribution in [3.05, 3.63) is 64.9 Å². The monoisotopic (exact) mass is 548 g/mol. The second-order valence-corrected chi connectivity index (χ2v) is 11.4. The van der Waals surface area contributed by atoms with Gasteiger partial charge in [-0.15, -0.1) is 0 Å². The fraction of sp³-hybridized carbons (Fsp3) is 0.429. The van der Waals surface area contributed by atoms with Gasteiger partial charge in [0.25, 0.3) is 5.91 Å². The number of piperidine rings is 2. The smallest absolute Gasteiger partial charge is 0.255 e. The lowest BCUT2D eigenvalue weighted by molar-refractivity contribution is -0.137. The number of hydrogen-bond acceptors (Lipinski definition) is 9. The van der Waals surface area contributed by atoms with E-state index in [-0.39, 0.29) is 48.4 Å². The van der Waals surface area contributed by atoms with Crippen LogP contribution in [0.25, 0.3) is 11.5 Å². The summed E-state index contributed by atoms with van der Waals surface area (Å²) in [6.07, 6.45) is 3.60. The largest absolute Gasteiger partial charge is 0.384 e. The maximum Gasteiger partial charge on any atom is 0.255 e. The number of amides is 3. The number of nitrogens with one attached hydrogen (secondary N) is 1. The van der Waals surface area contributed by atoms with Crippen LogP contribution in [0.3, 0.4) is 0 Å². The van der Waals surface area contributed by atoms with E-state index in [4.69, 9.17) is 4.52 Å². The van der Waals surface area contributed by atoms with Crippen molar-refractivity contribution in [3.63, 3.8) is 0 Å². The average molecular weight is 549 g/mol. The van der Waals surface area contributed by atoms with E-state index in [0.717, 1.165) is 5.56 Å². The molecule has 0 saturated carbocycles. The minimum absolute atomic E-state index is 0.0877. The molecule has 11 nitrogen and oxygen atoms in total. The quantitative estimate of drug-likeness (QED) is 0.459. The Kier molecular flexibility index (Phi) is 6.26. The number of nitrogens with zero attached hydrogens (tertiary/aromatic N) is 5. The zero-order chi connectivity index (χ0) is 28.2. The van der Waals surface area contributed by atoms with Gasteiger partial charge < -0.3 is 14.5 Å². The molecule has 3 aliphatic rings. The number of likely N-dealkylation sites (tertiary alicyclic amines) is 1. The maximum atomic E-state index is 16.1. The molecule has 0 bridgehead atoms. The minimum atomic E-state index is -1.48. The highest BCUT2D eigenvalue weighted by atomic mass is 19.1. The molecule has 2 N–H and O–H groups in total. The first kappa shape index (κ1) is 26.2. The highest BCUT2D eigenvalue weighted by molar-refractivity contribution is 6.05. The number of hydrogen-bond donors (Lipinski definition) is 2. The number of fused-ring (bicyclic) bond motifs is 1. The number of aromatic nitrogens is 3. The van der Waals surface area contributed by atoms with Crippen LogP contribution in [0, 0.1) is 11.2 Å². The van der Waals surface area contributed by atoms with Crippen molar-refractivity contribution in [1.29, 1.82) is 0 Å². The third-order valence-corrected chi connectivity index (χ3v) is 8.44. The van der Waals surface area contributed by atoms with Gasteiger partial charge >= 0.3 is 0 Å². The van der Waals surface area contributed by atoms with E-state index >= 15 is 4.39 Å². The molecular weight excluding hydrogens is 519 g/mol. The lowest BCUT2D eigenvalue weighted by Crippen LogP contribution is -2.55. The van der Waals surface area contributed by atoms with Crippen LogP contribution < -0.4 is 5.32 Å². The van der Waals surface area contributed by atoms with E-state index in [0.29, 0.717) is 31.2 Å². The number of pyridine rings is 1. The minimum Gasteiger partial charge on any atom is -0.384 e. The van der Waals surface area contributed by atoms with Gasteiger partial charge in [-0.1, -0.05) is 31.1 Å². The Bertz CT molecular complexity index is 1490. The predicted molar refractivity (Wildman–Crippen MR) is 138 cm³/mol. The molecule has 0 spiro atoms. The first-order valence-corrected chi connectivity index (χ1v) is 13.2. The van der Waals surface area contributed by atoms with E-state index in [9.17, 15) is 19.5 Å². The number of benzene rings is 1. The Labute approximate surface area is 229 Å². The van der Waals surface area contributed by atoms with Crippen molar-refractivity contribution >= 4 is 17.7 Å². The molecule has 0 aliphatic carbocycles. The predicted octanol–water partition coefficient (Wildman–Crippen LogP) is 2.15. The number of carbonyl (C=O) groups excluding carboxylic acids is 3. The molecule has 1 aromatic carbocycles. The van der Waals surface area contributed by atoms with Gasteiger partial charge in [-0.05, 0) is 30.5 Å². The zero-order valence-corrected chi connectivity index (χ0v) is 22.2. The number of halogens is 1. The van der Waals surface area contributed by atoms with Gasteiger partial charge in [0.05, 0.1) is 12.1 Å². The number of carbonyl (C=O) groups is 3. The second kappa shape index (κ2) is 9.56. The maximum absolute atomic E-state index is 16.1. The van der Waals surface area contributed by atoms with Crippen LogP contribution in [0.4, 0.5) is 4.39 Å². The third-order valence-electron chi connectivity index (χ3n) is 8.44. The summed E-state index contributed by atoms with van der Waals surface area (Å²) in [5.41, 5.74) is -0.122. The lowest BCUT2D eigenvalue weighted by Gasteiger charge is -2.50. The Morgan fingerprint density at radius 2 is 2.00 bits per heavy atom. The van der Waals surface area contributed by atoms with Gasteiger partial charge in [0.2, 0.25) is 24.0 Å². The van der Waals surface area contributed by atoms with Crippen LogP contribution >= 0.6 is 0 Å². The Balaban J connectivity index is 1.19. The van der Waals surface area contributed by atoms with Crippen molar-refractivity contribution < 1.29 is 28.4 Å². The average Bonchev–Trinajstić information content (AvgIpc) is 3.56. The standard InChI is InChI=1S/C28H29FN6O5/c1-27(2)14-34(12-16-3-6-20(30-11-16)24-31-15-40-33-24)10-9-28(27,39)19-5-4-17-18(23(19)29)13-35(26(17)38)21-7-8-22(36)32-25(21)37/h3-6,11,15,21,39H,7-10,12-14H2,1-2H3,(H,32,36,37)/t21-,28-/m0/s1. The van der Waals surface area contributed by atoms with Crippen LogP contribution in [0.2, 0.25) is 0 Å². The molecule has 40 heavy (non-hydrogen) atoms.